The van der Waals surface area contributed by atoms with Crippen LogP contribution >= 0.6 is 28.1 Å². The molecular weight excluding hydrogens is 428 g/mol. The lowest BCUT2D eigenvalue weighted by molar-refractivity contribution is 0.282. The molecule has 0 aliphatic heterocycles. The van der Waals surface area contributed by atoms with Crippen molar-refractivity contribution in [3.8, 4) is 11.5 Å². The Balaban J connectivity index is 1.75. The predicted octanol–water partition coefficient (Wildman–Crippen LogP) is 4.65. The molecule has 0 amide bonds. The van der Waals surface area contributed by atoms with Crippen LogP contribution in [0.5, 0.6) is 11.5 Å². The van der Waals surface area contributed by atoms with Crippen LogP contribution < -0.4 is 14.9 Å². The molecule has 1 heterocycles. The summed E-state index contributed by atoms with van der Waals surface area (Å²) in [5.74, 6) is 2.12. The van der Waals surface area contributed by atoms with Gasteiger partial charge in [0.25, 0.3) is 0 Å². The number of nitrogens with zero attached hydrogens (tertiary/aromatic N) is 2. The Bertz CT molecular complexity index is 1000. The number of hydrogen-bond donors (Lipinski definition) is 2. The van der Waals surface area contributed by atoms with Crippen molar-refractivity contribution in [3.05, 3.63) is 68.2 Å². The van der Waals surface area contributed by atoms with E-state index in [1.165, 1.54) is 5.56 Å². The molecule has 0 unspecified atom stereocenters. The van der Waals surface area contributed by atoms with Gasteiger partial charge in [-0.3, -0.25) is 5.10 Å². The van der Waals surface area contributed by atoms with Crippen LogP contribution in [0.2, 0.25) is 0 Å². The second-order valence-corrected chi connectivity index (χ2v) is 7.37. The Kier molecular flexibility index (Phi) is 6.18. The zero-order valence-electron chi connectivity index (χ0n) is 15.4. The van der Waals surface area contributed by atoms with Gasteiger partial charge in [-0.15, -0.1) is 0 Å². The summed E-state index contributed by atoms with van der Waals surface area (Å²) in [6.45, 7) is 4.97. The van der Waals surface area contributed by atoms with E-state index in [0.29, 0.717) is 29.4 Å². The highest BCUT2D eigenvalue weighted by molar-refractivity contribution is 9.10. The number of methoxy groups -OCH3 is 1. The molecule has 2 N–H and O–H groups in total. The monoisotopic (exact) mass is 448 g/mol. The zero-order valence-corrected chi connectivity index (χ0v) is 17.8. The molecular formula is C19H21BrN4O2S. The standard InChI is InChI=1S/C19H21BrN4O2S/c1-12-5-4-6-14(7-12)11-26-18-16(20)8-15(9-17(18)25-3)10-21-24-13(2)22-23-19(24)27/h4-9,21H,10-11H2,1-3H3,(H,23,27). The molecule has 3 aromatic rings. The van der Waals surface area contributed by atoms with Crippen molar-refractivity contribution in [2.24, 2.45) is 0 Å². The van der Waals surface area contributed by atoms with E-state index in [4.69, 9.17) is 21.7 Å². The third kappa shape index (κ3) is 4.70. The first-order valence-corrected chi connectivity index (χ1v) is 9.60. The lowest BCUT2D eigenvalue weighted by Gasteiger charge is -2.15. The summed E-state index contributed by atoms with van der Waals surface area (Å²) >= 11 is 8.80. The summed E-state index contributed by atoms with van der Waals surface area (Å²) in [7, 11) is 1.63. The number of aromatic amines is 1. The maximum Gasteiger partial charge on any atom is 0.214 e. The third-order valence-electron chi connectivity index (χ3n) is 4.04. The number of hydrogen-bond acceptors (Lipinski definition) is 5. The average molecular weight is 449 g/mol. The maximum absolute atomic E-state index is 6.01. The van der Waals surface area contributed by atoms with Crippen molar-refractivity contribution >= 4 is 28.1 Å². The SMILES string of the molecule is COc1cc(CNn2c(C)n[nH]c2=S)cc(Br)c1OCc1cccc(C)c1. The molecule has 6 nitrogen and oxygen atoms in total. The van der Waals surface area contributed by atoms with Crippen molar-refractivity contribution in [1.82, 2.24) is 14.9 Å². The maximum atomic E-state index is 6.01. The Morgan fingerprint density at radius 1 is 1.22 bits per heavy atom. The van der Waals surface area contributed by atoms with E-state index in [0.717, 1.165) is 21.4 Å². The largest absolute Gasteiger partial charge is 0.493 e. The average Bonchev–Trinajstić information content (AvgIpc) is 2.96. The quantitative estimate of drug-likeness (QED) is 0.514. The van der Waals surface area contributed by atoms with Gasteiger partial charge < -0.3 is 14.9 Å². The number of H-pyrrole nitrogens is 1. The van der Waals surface area contributed by atoms with Gasteiger partial charge in [0, 0.05) is 0 Å². The second kappa shape index (κ2) is 8.58. The molecule has 8 heteroatoms. The van der Waals surface area contributed by atoms with Crippen LogP contribution in [0.1, 0.15) is 22.5 Å². The Labute approximate surface area is 171 Å². The van der Waals surface area contributed by atoms with Gasteiger partial charge in [0.05, 0.1) is 18.1 Å². The van der Waals surface area contributed by atoms with Crippen LogP contribution in [0.25, 0.3) is 0 Å². The van der Waals surface area contributed by atoms with Gasteiger partial charge in [-0.05, 0) is 65.3 Å². The van der Waals surface area contributed by atoms with Crippen molar-refractivity contribution in [2.75, 3.05) is 12.5 Å². The minimum absolute atomic E-state index is 0.470. The van der Waals surface area contributed by atoms with Crippen LogP contribution in [-0.2, 0) is 13.2 Å². The first-order chi connectivity index (χ1) is 13.0. The molecule has 0 aliphatic carbocycles. The molecule has 142 valence electrons. The minimum atomic E-state index is 0.470. The number of ether oxygens (including phenoxy) is 2. The van der Waals surface area contributed by atoms with E-state index >= 15 is 0 Å². The number of aryl methyl sites for hydroxylation is 2. The number of benzene rings is 2. The fourth-order valence-electron chi connectivity index (χ4n) is 2.71. The van der Waals surface area contributed by atoms with Crippen LogP contribution in [0.4, 0.5) is 0 Å². The zero-order chi connectivity index (χ0) is 19.4. The van der Waals surface area contributed by atoms with Gasteiger partial charge in [0.15, 0.2) is 11.5 Å². The lowest BCUT2D eigenvalue weighted by atomic mass is 10.1. The van der Waals surface area contributed by atoms with E-state index in [1.807, 2.05) is 31.2 Å². The summed E-state index contributed by atoms with van der Waals surface area (Å²) in [5.41, 5.74) is 6.57. The Morgan fingerprint density at radius 3 is 2.70 bits per heavy atom. The molecule has 0 saturated heterocycles. The first-order valence-electron chi connectivity index (χ1n) is 8.40. The van der Waals surface area contributed by atoms with E-state index in [-0.39, 0.29) is 0 Å². The molecule has 0 spiro atoms. The smallest absolute Gasteiger partial charge is 0.214 e. The fraction of sp³-hybridized carbons (Fsp3) is 0.263. The summed E-state index contributed by atoms with van der Waals surface area (Å²) in [4.78, 5) is 0. The highest BCUT2D eigenvalue weighted by Gasteiger charge is 2.12. The predicted molar refractivity (Wildman–Crippen MR) is 111 cm³/mol. The summed E-state index contributed by atoms with van der Waals surface area (Å²) in [6.07, 6.45) is 0. The molecule has 2 aromatic carbocycles. The number of nitrogens with one attached hydrogen (secondary N) is 2. The molecule has 0 fully saturated rings. The second-order valence-electron chi connectivity index (χ2n) is 6.13. The molecule has 0 aliphatic rings. The molecule has 0 radical (unpaired) electrons. The van der Waals surface area contributed by atoms with Gasteiger partial charge in [0.2, 0.25) is 4.77 Å². The highest BCUT2D eigenvalue weighted by Crippen LogP contribution is 2.37. The van der Waals surface area contributed by atoms with Crippen LogP contribution in [0.15, 0.2) is 40.9 Å². The Morgan fingerprint density at radius 2 is 2.04 bits per heavy atom. The van der Waals surface area contributed by atoms with E-state index in [2.05, 4.69) is 50.6 Å². The molecule has 1 aromatic heterocycles. The minimum Gasteiger partial charge on any atom is -0.493 e. The number of halogens is 1. The van der Waals surface area contributed by atoms with Crippen molar-refractivity contribution in [3.63, 3.8) is 0 Å². The Hall–Kier alpha value is -2.32. The highest BCUT2D eigenvalue weighted by atomic mass is 79.9. The number of aromatic nitrogens is 3. The van der Waals surface area contributed by atoms with Gasteiger partial charge in [-0.25, -0.2) is 4.68 Å². The summed E-state index contributed by atoms with van der Waals surface area (Å²) in [5, 5.41) is 6.83. The van der Waals surface area contributed by atoms with Gasteiger partial charge in [-0.1, -0.05) is 29.8 Å². The van der Waals surface area contributed by atoms with Crippen LogP contribution in [-0.4, -0.2) is 22.0 Å². The molecule has 0 saturated carbocycles. The fourth-order valence-corrected chi connectivity index (χ4v) is 3.55. The molecule has 3 rings (SSSR count). The van der Waals surface area contributed by atoms with Crippen molar-refractivity contribution in [2.45, 2.75) is 27.0 Å². The van der Waals surface area contributed by atoms with Gasteiger partial charge in [0.1, 0.15) is 12.4 Å². The molecule has 0 atom stereocenters. The normalized spacial score (nSPS) is 10.7. The third-order valence-corrected chi connectivity index (χ3v) is 4.90. The van der Waals surface area contributed by atoms with Crippen LogP contribution in [0, 0.1) is 18.6 Å². The van der Waals surface area contributed by atoms with E-state index in [9.17, 15) is 0 Å². The topological polar surface area (TPSA) is 64.1 Å². The van der Waals surface area contributed by atoms with Crippen molar-refractivity contribution in [1.29, 1.82) is 0 Å². The van der Waals surface area contributed by atoms with Crippen molar-refractivity contribution < 1.29 is 9.47 Å². The summed E-state index contributed by atoms with van der Waals surface area (Å²) in [6, 6.07) is 12.2. The van der Waals surface area contributed by atoms with Gasteiger partial charge in [-0.2, -0.15) is 5.10 Å². The summed E-state index contributed by atoms with van der Waals surface area (Å²) < 4.78 is 14.6. The number of rotatable bonds is 7. The molecule has 0 bridgehead atoms. The molecule has 27 heavy (non-hydrogen) atoms. The first kappa shape index (κ1) is 19.4. The lowest BCUT2D eigenvalue weighted by Crippen LogP contribution is -2.16. The van der Waals surface area contributed by atoms with E-state index < -0.39 is 0 Å². The van der Waals surface area contributed by atoms with Gasteiger partial charge >= 0.3 is 0 Å². The van der Waals surface area contributed by atoms with Crippen LogP contribution in [0.3, 0.4) is 0 Å². The van der Waals surface area contributed by atoms with E-state index in [1.54, 1.807) is 11.8 Å².